The Balaban J connectivity index is 1.08. The number of aryl methyl sites for hydroxylation is 1. The molecular formula is C37H43ClFN5O3S. The second kappa shape index (κ2) is 13.2. The Hall–Kier alpha value is -3.31. The highest BCUT2D eigenvalue weighted by Gasteiger charge is 2.44. The van der Waals surface area contributed by atoms with Gasteiger partial charge in [-0.05, 0) is 106 Å². The van der Waals surface area contributed by atoms with E-state index in [-0.39, 0.29) is 39.2 Å². The molecule has 3 saturated heterocycles. The van der Waals surface area contributed by atoms with Crippen LogP contribution in [-0.4, -0.2) is 71.9 Å². The maximum atomic E-state index is 14.7. The summed E-state index contributed by atoms with van der Waals surface area (Å²) < 4.78 is 45.0. The highest BCUT2D eigenvalue weighted by atomic mass is 35.5. The van der Waals surface area contributed by atoms with Gasteiger partial charge < -0.3 is 9.47 Å². The van der Waals surface area contributed by atoms with Crippen molar-refractivity contribution in [1.29, 1.82) is 0 Å². The van der Waals surface area contributed by atoms with Crippen LogP contribution in [0.4, 0.5) is 4.39 Å². The fourth-order valence-corrected chi connectivity index (χ4v) is 10.4. The standard InChI is InChI=1S/C37H43ClFN5O3S/c1-3-40-48(46,47)34-13-7-10-31(35(34)38)36(45)42-19-16-37(17-20-42,26-8-6-9-27(39)22-26)18-21-43-28-14-15-29(43)24-30(23-28)44-25(2)41-32-11-4-5-12-33(32)44/h4-13,22,28-30,40H,3,14-21,23-24H2,1-2H3/t28-,29+,30?. The molecule has 4 aromatic rings. The van der Waals surface area contributed by atoms with Gasteiger partial charge in [0.05, 0.1) is 21.6 Å². The van der Waals surface area contributed by atoms with E-state index >= 15 is 0 Å². The predicted molar refractivity (Wildman–Crippen MR) is 186 cm³/mol. The highest BCUT2D eigenvalue weighted by Crippen LogP contribution is 2.45. The van der Waals surface area contributed by atoms with E-state index in [0.29, 0.717) is 44.1 Å². The van der Waals surface area contributed by atoms with Crippen molar-refractivity contribution in [3.8, 4) is 0 Å². The topological polar surface area (TPSA) is 87.5 Å². The van der Waals surface area contributed by atoms with E-state index in [1.807, 2.05) is 12.1 Å². The molecule has 1 unspecified atom stereocenters. The molecule has 1 N–H and O–H groups in total. The molecule has 8 nitrogen and oxygen atoms in total. The first-order valence-corrected chi connectivity index (χ1v) is 19.0. The molecule has 7 rings (SSSR count). The largest absolute Gasteiger partial charge is 0.339 e. The first-order chi connectivity index (χ1) is 23.1. The van der Waals surface area contributed by atoms with Crippen molar-refractivity contribution < 1.29 is 17.6 Å². The molecule has 0 spiro atoms. The minimum Gasteiger partial charge on any atom is -0.339 e. The fourth-order valence-electron chi connectivity index (χ4n) is 8.75. The minimum absolute atomic E-state index is 0.0665. The van der Waals surface area contributed by atoms with Crippen molar-refractivity contribution in [3.63, 3.8) is 0 Å². The smallest absolute Gasteiger partial charge is 0.255 e. The predicted octanol–water partition coefficient (Wildman–Crippen LogP) is 6.87. The molecule has 3 atom stereocenters. The van der Waals surface area contributed by atoms with Crippen LogP contribution >= 0.6 is 11.6 Å². The first-order valence-electron chi connectivity index (χ1n) is 17.1. The van der Waals surface area contributed by atoms with Crippen molar-refractivity contribution in [2.75, 3.05) is 26.2 Å². The van der Waals surface area contributed by atoms with Gasteiger partial charge in [0.15, 0.2) is 0 Å². The Morgan fingerprint density at radius 2 is 1.71 bits per heavy atom. The van der Waals surface area contributed by atoms with Crippen LogP contribution in [0.3, 0.4) is 0 Å². The van der Waals surface area contributed by atoms with Gasteiger partial charge in [0.25, 0.3) is 5.91 Å². The van der Waals surface area contributed by atoms with Crippen molar-refractivity contribution >= 4 is 38.6 Å². The maximum absolute atomic E-state index is 14.7. The number of carbonyl (C=O) groups excluding carboxylic acids is 1. The zero-order valence-corrected chi connectivity index (χ0v) is 29.1. The molecule has 2 bridgehead atoms. The summed E-state index contributed by atoms with van der Waals surface area (Å²) in [6.07, 6.45) is 6.80. The van der Waals surface area contributed by atoms with Gasteiger partial charge in [0, 0.05) is 37.8 Å². The van der Waals surface area contributed by atoms with E-state index in [9.17, 15) is 17.6 Å². The van der Waals surface area contributed by atoms with E-state index in [2.05, 4.69) is 39.3 Å². The SMILES string of the molecule is CCNS(=O)(=O)c1cccc(C(=O)N2CCC(CCN3[C@@H]4CC[C@H]3CC(n3c(C)nc5ccccc53)C4)(c3cccc(F)c3)CC2)c1Cl. The molecule has 4 heterocycles. The minimum atomic E-state index is -3.83. The molecule has 0 saturated carbocycles. The molecule has 3 aliphatic heterocycles. The average molecular weight is 692 g/mol. The number of nitrogens with zero attached hydrogens (tertiary/aromatic N) is 4. The third kappa shape index (κ3) is 6.06. The van der Waals surface area contributed by atoms with Gasteiger partial charge in [-0.3, -0.25) is 9.69 Å². The number of hydrogen-bond donors (Lipinski definition) is 1. The van der Waals surface area contributed by atoms with Crippen LogP contribution in [0.1, 0.15) is 79.7 Å². The normalized spacial score (nSPS) is 22.8. The lowest BCUT2D eigenvalue weighted by molar-refractivity contribution is 0.0606. The Morgan fingerprint density at radius 3 is 2.42 bits per heavy atom. The van der Waals surface area contributed by atoms with Gasteiger partial charge >= 0.3 is 0 Å². The molecule has 1 amide bonds. The number of aromatic nitrogens is 2. The number of halogens is 2. The lowest BCUT2D eigenvalue weighted by Crippen LogP contribution is -2.49. The van der Waals surface area contributed by atoms with E-state index in [1.165, 1.54) is 30.5 Å². The Kier molecular flexibility index (Phi) is 9.12. The highest BCUT2D eigenvalue weighted by molar-refractivity contribution is 7.89. The quantitative estimate of drug-likeness (QED) is 0.207. The van der Waals surface area contributed by atoms with E-state index in [4.69, 9.17) is 16.6 Å². The summed E-state index contributed by atoms with van der Waals surface area (Å²) in [5.41, 5.74) is 3.14. The van der Waals surface area contributed by atoms with Crippen molar-refractivity contribution in [3.05, 3.63) is 94.5 Å². The van der Waals surface area contributed by atoms with E-state index < -0.39 is 10.0 Å². The van der Waals surface area contributed by atoms with Crippen LogP contribution in [0.15, 0.2) is 71.6 Å². The summed E-state index contributed by atoms with van der Waals surface area (Å²) in [6, 6.07) is 21.3. The van der Waals surface area contributed by atoms with Crippen LogP contribution in [0, 0.1) is 12.7 Å². The van der Waals surface area contributed by atoms with Crippen molar-refractivity contribution in [1.82, 2.24) is 24.1 Å². The van der Waals surface area contributed by atoms with Crippen LogP contribution in [0.2, 0.25) is 5.02 Å². The van der Waals surface area contributed by atoms with Gasteiger partial charge in [-0.25, -0.2) is 22.5 Å². The van der Waals surface area contributed by atoms with Crippen LogP contribution < -0.4 is 4.72 Å². The molecular weight excluding hydrogens is 649 g/mol. The summed E-state index contributed by atoms with van der Waals surface area (Å²) in [4.78, 5) is 23.0. The number of rotatable bonds is 9. The van der Waals surface area contributed by atoms with Crippen molar-refractivity contribution in [2.24, 2.45) is 0 Å². The zero-order valence-electron chi connectivity index (χ0n) is 27.5. The van der Waals surface area contributed by atoms with Gasteiger partial charge in [-0.2, -0.15) is 0 Å². The Labute approximate surface area is 287 Å². The summed E-state index contributed by atoms with van der Waals surface area (Å²) >= 11 is 6.54. The van der Waals surface area contributed by atoms with Gasteiger partial charge in [0.1, 0.15) is 16.5 Å². The maximum Gasteiger partial charge on any atom is 0.255 e. The van der Waals surface area contributed by atoms with E-state index in [0.717, 1.165) is 42.7 Å². The number of imidazole rings is 1. The molecule has 1 aromatic heterocycles. The van der Waals surface area contributed by atoms with Crippen molar-refractivity contribution in [2.45, 2.75) is 87.2 Å². The Morgan fingerprint density at radius 1 is 1.00 bits per heavy atom. The second-order valence-electron chi connectivity index (χ2n) is 13.7. The number of likely N-dealkylation sites (tertiary alicyclic amines) is 1. The van der Waals surface area contributed by atoms with Gasteiger partial charge in [-0.1, -0.05) is 48.9 Å². The fraction of sp³-hybridized carbons (Fsp3) is 0.459. The third-order valence-electron chi connectivity index (χ3n) is 11.1. The third-order valence-corrected chi connectivity index (χ3v) is 13.2. The number of carbonyl (C=O) groups is 1. The number of sulfonamides is 1. The molecule has 3 aliphatic rings. The number of nitrogens with one attached hydrogen (secondary N) is 1. The van der Waals surface area contributed by atoms with Crippen LogP contribution in [0.5, 0.6) is 0 Å². The molecule has 0 radical (unpaired) electrons. The summed E-state index contributed by atoms with van der Waals surface area (Å²) in [7, 11) is -3.83. The number of para-hydroxylation sites is 2. The summed E-state index contributed by atoms with van der Waals surface area (Å²) in [5, 5.41) is -0.0665. The number of benzene rings is 3. The van der Waals surface area contributed by atoms with Gasteiger partial charge in [-0.15, -0.1) is 0 Å². The van der Waals surface area contributed by atoms with E-state index in [1.54, 1.807) is 36.1 Å². The zero-order chi connectivity index (χ0) is 33.6. The van der Waals surface area contributed by atoms with Gasteiger partial charge in [0.2, 0.25) is 10.0 Å². The molecule has 3 fully saturated rings. The summed E-state index contributed by atoms with van der Waals surface area (Å²) in [5.74, 6) is 0.538. The van der Waals surface area contributed by atoms with Crippen LogP contribution in [-0.2, 0) is 15.4 Å². The number of hydrogen-bond acceptors (Lipinski definition) is 5. The number of amides is 1. The second-order valence-corrected chi connectivity index (χ2v) is 15.8. The average Bonchev–Trinajstić information content (AvgIpc) is 3.53. The molecule has 0 aliphatic carbocycles. The molecule has 254 valence electrons. The molecule has 3 aromatic carbocycles. The number of fused-ring (bicyclic) bond motifs is 3. The monoisotopic (exact) mass is 691 g/mol. The first kappa shape index (κ1) is 33.2. The molecule has 48 heavy (non-hydrogen) atoms. The lowest BCUT2D eigenvalue weighted by Gasteiger charge is -2.45. The lowest BCUT2D eigenvalue weighted by atomic mass is 9.70. The molecule has 11 heteroatoms. The van der Waals surface area contributed by atoms with Crippen LogP contribution in [0.25, 0.3) is 11.0 Å². The Bertz CT molecular complexity index is 1930. The number of piperidine rings is 2. The summed E-state index contributed by atoms with van der Waals surface area (Å²) in [6.45, 7) is 5.88.